The van der Waals surface area contributed by atoms with Crippen LogP contribution in [-0.4, -0.2) is 4.98 Å². The van der Waals surface area contributed by atoms with Crippen LogP contribution >= 0.6 is 27.5 Å². The molecule has 0 N–H and O–H groups in total. The molecule has 1 aromatic heterocycles. The fourth-order valence-corrected chi connectivity index (χ4v) is 2.06. The van der Waals surface area contributed by atoms with Gasteiger partial charge in [-0.1, -0.05) is 39.7 Å². The van der Waals surface area contributed by atoms with Gasteiger partial charge in [-0.25, -0.2) is 4.98 Å². The largest absolute Gasteiger partial charge is 0.237 e. The van der Waals surface area contributed by atoms with Crippen molar-refractivity contribution < 1.29 is 0 Å². The molecule has 0 bridgehead atoms. The first-order chi connectivity index (χ1) is 7.61. The van der Waals surface area contributed by atoms with Gasteiger partial charge in [-0.3, -0.25) is 0 Å². The maximum atomic E-state index is 8.82. The zero-order valence-corrected chi connectivity index (χ0v) is 10.9. The third-order valence-corrected chi connectivity index (χ3v) is 3.20. The molecule has 0 saturated heterocycles. The lowest BCUT2D eigenvalue weighted by Crippen LogP contribution is -1.89. The number of aromatic nitrogens is 1. The number of nitrogens with zero attached hydrogens (tertiary/aromatic N) is 2. The van der Waals surface area contributed by atoms with Crippen LogP contribution in [0.5, 0.6) is 0 Å². The summed E-state index contributed by atoms with van der Waals surface area (Å²) in [5.74, 6) is 0. The van der Waals surface area contributed by atoms with Gasteiger partial charge in [-0.05, 0) is 24.6 Å². The van der Waals surface area contributed by atoms with E-state index in [4.69, 9.17) is 16.9 Å². The molecule has 0 aliphatic carbocycles. The Balaban J connectivity index is 2.73. The number of fused-ring (bicyclic) bond motifs is 1. The number of halogens is 2. The van der Waals surface area contributed by atoms with Crippen LogP contribution in [0.25, 0.3) is 10.9 Å². The Kier molecular flexibility index (Phi) is 3.13. The fraction of sp³-hybridized carbons (Fsp3) is 0.167. The van der Waals surface area contributed by atoms with Crippen molar-refractivity contribution in [3.63, 3.8) is 0 Å². The Bertz CT molecular complexity index is 587. The van der Waals surface area contributed by atoms with Gasteiger partial charge in [0.15, 0.2) is 0 Å². The Labute approximate surface area is 107 Å². The predicted molar refractivity (Wildman–Crippen MR) is 68.8 cm³/mol. The quantitative estimate of drug-likeness (QED) is 0.739. The summed E-state index contributed by atoms with van der Waals surface area (Å²) in [6, 6.07) is 9.46. The lowest BCUT2D eigenvalue weighted by Gasteiger charge is -2.06. The molecule has 1 heterocycles. The minimum Gasteiger partial charge on any atom is -0.237 e. The van der Waals surface area contributed by atoms with Crippen LogP contribution in [0.4, 0.5) is 0 Å². The molecular weight excluding hydrogens is 288 g/mol. The second-order valence-corrected chi connectivity index (χ2v) is 5.27. The Morgan fingerprint density at radius 3 is 2.81 bits per heavy atom. The molecular formula is C12H8BrClN2. The van der Waals surface area contributed by atoms with Crippen LogP contribution in [0.3, 0.4) is 0 Å². The predicted octanol–water partition coefficient (Wildman–Crippen LogP) is 4.22. The van der Waals surface area contributed by atoms with Gasteiger partial charge < -0.3 is 0 Å². The summed E-state index contributed by atoms with van der Waals surface area (Å²) >= 11 is 9.57. The van der Waals surface area contributed by atoms with E-state index in [9.17, 15) is 0 Å². The first kappa shape index (κ1) is 11.4. The van der Waals surface area contributed by atoms with Gasteiger partial charge in [0.25, 0.3) is 0 Å². The lowest BCUT2D eigenvalue weighted by molar-refractivity contribution is 1.13. The van der Waals surface area contributed by atoms with Crippen molar-refractivity contribution in [1.29, 1.82) is 5.26 Å². The van der Waals surface area contributed by atoms with E-state index in [1.54, 1.807) is 6.07 Å². The SMILES string of the molecule is CC(Br)c1ccc2c(Cl)cc(C#N)nc2c1. The molecule has 0 saturated carbocycles. The van der Waals surface area contributed by atoms with E-state index in [-0.39, 0.29) is 4.83 Å². The summed E-state index contributed by atoms with van der Waals surface area (Å²) in [4.78, 5) is 4.48. The van der Waals surface area contributed by atoms with E-state index in [1.165, 1.54) is 0 Å². The number of alkyl halides is 1. The van der Waals surface area contributed by atoms with Gasteiger partial charge in [0.1, 0.15) is 11.8 Å². The van der Waals surface area contributed by atoms with Gasteiger partial charge >= 0.3 is 0 Å². The molecule has 4 heteroatoms. The standard InChI is InChI=1S/C12H8BrClN2/c1-7(13)8-2-3-10-11(14)5-9(6-15)16-12(10)4-8/h2-5,7H,1H3. The zero-order chi connectivity index (χ0) is 11.7. The second kappa shape index (κ2) is 4.40. The van der Waals surface area contributed by atoms with E-state index < -0.39 is 0 Å². The number of pyridine rings is 1. The summed E-state index contributed by atoms with van der Waals surface area (Å²) < 4.78 is 0. The monoisotopic (exact) mass is 294 g/mol. The van der Waals surface area contributed by atoms with Crippen LogP contribution in [0.1, 0.15) is 23.0 Å². The van der Waals surface area contributed by atoms with Crippen molar-refractivity contribution in [2.75, 3.05) is 0 Å². The summed E-state index contributed by atoms with van der Waals surface area (Å²) in [7, 11) is 0. The minimum atomic E-state index is 0.253. The van der Waals surface area contributed by atoms with Crippen LogP contribution in [0.2, 0.25) is 5.02 Å². The Hall–Kier alpha value is -1.11. The molecule has 0 fully saturated rings. The van der Waals surface area contributed by atoms with Crippen molar-refractivity contribution in [1.82, 2.24) is 4.98 Å². The number of nitriles is 1. The third kappa shape index (κ3) is 2.04. The summed E-state index contributed by atoms with van der Waals surface area (Å²) in [5, 5.41) is 10.3. The number of rotatable bonds is 1. The second-order valence-electron chi connectivity index (χ2n) is 3.49. The lowest BCUT2D eigenvalue weighted by atomic mass is 10.1. The maximum Gasteiger partial charge on any atom is 0.142 e. The molecule has 0 spiro atoms. The number of hydrogen-bond acceptors (Lipinski definition) is 2. The fourth-order valence-electron chi connectivity index (χ4n) is 1.51. The van der Waals surface area contributed by atoms with Crippen molar-refractivity contribution in [3.8, 4) is 6.07 Å². The van der Waals surface area contributed by atoms with Gasteiger partial charge in [-0.15, -0.1) is 0 Å². The molecule has 1 aromatic carbocycles. The molecule has 1 atom stereocenters. The van der Waals surface area contributed by atoms with E-state index in [0.29, 0.717) is 10.7 Å². The topological polar surface area (TPSA) is 36.7 Å². The van der Waals surface area contributed by atoms with Gasteiger partial charge in [0.2, 0.25) is 0 Å². The normalized spacial score (nSPS) is 12.4. The average molecular weight is 296 g/mol. The van der Waals surface area contributed by atoms with Crippen LogP contribution in [0, 0.1) is 11.3 Å². The summed E-state index contributed by atoms with van der Waals surface area (Å²) in [6.45, 7) is 2.04. The minimum absolute atomic E-state index is 0.253. The Morgan fingerprint density at radius 1 is 1.44 bits per heavy atom. The van der Waals surface area contributed by atoms with Gasteiger partial charge in [-0.2, -0.15) is 5.26 Å². The van der Waals surface area contributed by atoms with Crippen molar-refractivity contribution in [2.24, 2.45) is 0 Å². The average Bonchev–Trinajstić information content (AvgIpc) is 2.28. The number of hydrogen-bond donors (Lipinski definition) is 0. The molecule has 2 aromatic rings. The molecule has 0 aliphatic rings. The summed E-state index contributed by atoms with van der Waals surface area (Å²) in [6.07, 6.45) is 0. The molecule has 2 rings (SSSR count). The number of benzene rings is 1. The van der Waals surface area contributed by atoms with E-state index in [2.05, 4.69) is 20.9 Å². The molecule has 0 radical (unpaired) electrons. The van der Waals surface area contributed by atoms with Crippen molar-refractivity contribution >= 4 is 38.4 Å². The van der Waals surface area contributed by atoms with E-state index in [1.807, 2.05) is 31.2 Å². The molecule has 2 nitrogen and oxygen atoms in total. The molecule has 16 heavy (non-hydrogen) atoms. The van der Waals surface area contributed by atoms with Crippen molar-refractivity contribution in [2.45, 2.75) is 11.8 Å². The first-order valence-corrected chi connectivity index (χ1v) is 6.05. The molecule has 1 unspecified atom stereocenters. The van der Waals surface area contributed by atoms with Crippen LogP contribution < -0.4 is 0 Å². The first-order valence-electron chi connectivity index (χ1n) is 4.76. The summed E-state index contributed by atoms with van der Waals surface area (Å²) in [5.41, 5.74) is 2.22. The highest BCUT2D eigenvalue weighted by molar-refractivity contribution is 9.09. The highest BCUT2D eigenvalue weighted by Crippen LogP contribution is 2.28. The Morgan fingerprint density at radius 2 is 2.19 bits per heavy atom. The smallest absolute Gasteiger partial charge is 0.142 e. The zero-order valence-electron chi connectivity index (χ0n) is 8.54. The van der Waals surface area contributed by atoms with Crippen molar-refractivity contribution in [3.05, 3.63) is 40.5 Å². The highest BCUT2D eigenvalue weighted by atomic mass is 79.9. The molecule has 0 aliphatic heterocycles. The highest BCUT2D eigenvalue weighted by Gasteiger charge is 2.07. The molecule has 80 valence electrons. The molecule has 0 amide bonds. The van der Waals surface area contributed by atoms with Gasteiger partial charge in [0, 0.05) is 10.2 Å². The third-order valence-electron chi connectivity index (χ3n) is 2.36. The van der Waals surface area contributed by atoms with Crippen LogP contribution in [-0.2, 0) is 0 Å². The maximum absolute atomic E-state index is 8.82. The van der Waals surface area contributed by atoms with Gasteiger partial charge in [0.05, 0.1) is 10.5 Å². The van der Waals surface area contributed by atoms with Crippen LogP contribution in [0.15, 0.2) is 24.3 Å². The van der Waals surface area contributed by atoms with E-state index in [0.717, 1.165) is 16.5 Å². The van der Waals surface area contributed by atoms with E-state index >= 15 is 0 Å².